The van der Waals surface area contributed by atoms with Crippen LogP contribution in [0.3, 0.4) is 0 Å². The van der Waals surface area contributed by atoms with Gasteiger partial charge in [-0.2, -0.15) is 0 Å². The number of carboxylic acid groups (broad SMARTS) is 1. The molecule has 0 spiro atoms. The van der Waals surface area contributed by atoms with Crippen molar-refractivity contribution in [2.75, 3.05) is 7.11 Å². The van der Waals surface area contributed by atoms with Gasteiger partial charge >= 0.3 is 5.97 Å². The van der Waals surface area contributed by atoms with Crippen molar-refractivity contribution >= 4 is 5.97 Å². The van der Waals surface area contributed by atoms with Crippen molar-refractivity contribution in [2.45, 2.75) is 13.5 Å². The van der Waals surface area contributed by atoms with Crippen LogP contribution in [0.2, 0.25) is 0 Å². The minimum Gasteiger partial charge on any atom is -0.478 e. The van der Waals surface area contributed by atoms with Gasteiger partial charge in [0.25, 0.3) is 11.6 Å². The zero-order valence-electron chi connectivity index (χ0n) is 11.2. The summed E-state index contributed by atoms with van der Waals surface area (Å²) in [5, 5.41) is 8.84. The summed E-state index contributed by atoms with van der Waals surface area (Å²) in [5.74, 6) is -0.983. The predicted octanol–water partition coefficient (Wildman–Crippen LogP) is 1.31. The van der Waals surface area contributed by atoms with Gasteiger partial charge in [-0.3, -0.25) is 9.36 Å². The SMILES string of the molecule is COc1nc(C)cc(=O)n1Cc1ccc(C(=O)O)cc1. The molecule has 0 saturated carbocycles. The van der Waals surface area contributed by atoms with Crippen molar-refractivity contribution in [1.29, 1.82) is 0 Å². The Labute approximate surface area is 115 Å². The van der Waals surface area contributed by atoms with E-state index in [0.29, 0.717) is 5.69 Å². The van der Waals surface area contributed by atoms with E-state index in [1.807, 2.05) is 0 Å². The van der Waals surface area contributed by atoms with Crippen LogP contribution in [0.5, 0.6) is 6.01 Å². The van der Waals surface area contributed by atoms with Gasteiger partial charge in [0.15, 0.2) is 0 Å². The van der Waals surface area contributed by atoms with E-state index in [0.717, 1.165) is 5.56 Å². The Hall–Kier alpha value is -2.63. The minimum absolute atomic E-state index is 0.204. The summed E-state index contributed by atoms with van der Waals surface area (Å²) < 4.78 is 6.49. The van der Waals surface area contributed by atoms with Gasteiger partial charge in [-0.1, -0.05) is 12.1 Å². The van der Waals surface area contributed by atoms with Crippen LogP contribution < -0.4 is 10.3 Å². The van der Waals surface area contributed by atoms with Crippen LogP contribution in [-0.2, 0) is 6.54 Å². The van der Waals surface area contributed by atoms with Crippen LogP contribution in [0.1, 0.15) is 21.6 Å². The molecule has 20 heavy (non-hydrogen) atoms. The second kappa shape index (κ2) is 5.56. The average molecular weight is 274 g/mol. The zero-order chi connectivity index (χ0) is 14.7. The molecule has 0 atom stereocenters. The largest absolute Gasteiger partial charge is 0.478 e. The molecule has 0 aliphatic carbocycles. The van der Waals surface area contributed by atoms with Gasteiger partial charge in [0.05, 0.1) is 19.2 Å². The monoisotopic (exact) mass is 274 g/mol. The number of ether oxygens (including phenoxy) is 1. The first-order valence-electron chi connectivity index (χ1n) is 5.96. The van der Waals surface area contributed by atoms with Crippen LogP contribution in [0.15, 0.2) is 35.1 Å². The summed E-state index contributed by atoms with van der Waals surface area (Å²) in [6.07, 6.45) is 0. The van der Waals surface area contributed by atoms with Crippen molar-refractivity contribution in [3.63, 3.8) is 0 Å². The van der Waals surface area contributed by atoms with Crippen LogP contribution >= 0.6 is 0 Å². The van der Waals surface area contributed by atoms with E-state index >= 15 is 0 Å². The molecule has 0 saturated heterocycles. The maximum atomic E-state index is 11.9. The first-order valence-corrected chi connectivity index (χ1v) is 5.96. The lowest BCUT2D eigenvalue weighted by atomic mass is 10.1. The number of benzene rings is 1. The molecule has 0 amide bonds. The van der Waals surface area contributed by atoms with E-state index in [-0.39, 0.29) is 23.7 Å². The summed E-state index contributed by atoms with van der Waals surface area (Å²) in [5.41, 5.74) is 1.37. The second-order valence-electron chi connectivity index (χ2n) is 4.31. The summed E-state index contributed by atoms with van der Waals surface area (Å²) in [4.78, 5) is 26.9. The molecule has 1 aromatic carbocycles. The van der Waals surface area contributed by atoms with Gasteiger partial charge in [-0.05, 0) is 24.6 Å². The summed E-state index contributed by atoms with van der Waals surface area (Å²) in [6, 6.07) is 7.98. The van der Waals surface area contributed by atoms with Gasteiger partial charge < -0.3 is 9.84 Å². The highest BCUT2D eigenvalue weighted by Gasteiger charge is 2.09. The highest BCUT2D eigenvalue weighted by atomic mass is 16.5. The van der Waals surface area contributed by atoms with Crippen LogP contribution in [0.25, 0.3) is 0 Å². The number of methoxy groups -OCH3 is 1. The Morgan fingerprint density at radius 1 is 1.35 bits per heavy atom. The molecule has 0 radical (unpaired) electrons. The van der Waals surface area contributed by atoms with Crippen molar-refractivity contribution in [1.82, 2.24) is 9.55 Å². The third kappa shape index (κ3) is 2.85. The summed E-state index contributed by atoms with van der Waals surface area (Å²) >= 11 is 0. The van der Waals surface area contributed by atoms with Gasteiger partial charge in [-0.25, -0.2) is 9.78 Å². The average Bonchev–Trinajstić information content (AvgIpc) is 2.42. The number of nitrogens with zero attached hydrogens (tertiary/aromatic N) is 2. The molecule has 6 nitrogen and oxygen atoms in total. The number of carbonyl (C=O) groups is 1. The first kappa shape index (κ1) is 13.8. The Morgan fingerprint density at radius 2 is 2.00 bits per heavy atom. The fourth-order valence-electron chi connectivity index (χ4n) is 1.83. The van der Waals surface area contributed by atoms with Crippen LogP contribution in [0.4, 0.5) is 0 Å². The maximum Gasteiger partial charge on any atom is 0.335 e. The molecular weight excluding hydrogens is 260 g/mol. The van der Waals surface area contributed by atoms with Crippen molar-refractivity contribution in [3.05, 3.63) is 57.5 Å². The highest BCUT2D eigenvalue weighted by Crippen LogP contribution is 2.10. The topological polar surface area (TPSA) is 81.4 Å². The van der Waals surface area contributed by atoms with E-state index in [1.54, 1.807) is 19.1 Å². The molecule has 0 aliphatic heterocycles. The van der Waals surface area contributed by atoms with Gasteiger partial charge in [0.1, 0.15) is 0 Å². The number of aromatic nitrogens is 2. The summed E-state index contributed by atoms with van der Waals surface area (Å²) in [6.45, 7) is 1.99. The molecule has 104 valence electrons. The number of carboxylic acids is 1. The molecule has 0 aliphatic rings. The standard InChI is InChI=1S/C14H14N2O4/c1-9-7-12(17)16(14(15-9)20-2)8-10-3-5-11(6-4-10)13(18)19/h3-7H,8H2,1-2H3,(H,18,19). The first-order chi connectivity index (χ1) is 9.51. The number of hydrogen-bond donors (Lipinski definition) is 1. The normalized spacial score (nSPS) is 10.3. The predicted molar refractivity (Wildman–Crippen MR) is 72.3 cm³/mol. The van der Waals surface area contributed by atoms with E-state index < -0.39 is 5.97 Å². The van der Waals surface area contributed by atoms with Crippen molar-refractivity contribution in [2.24, 2.45) is 0 Å². The van der Waals surface area contributed by atoms with E-state index in [4.69, 9.17) is 9.84 Å². The highest BCUT2D eigenvalue weighted by molar-refractivity contribution is 5.87. The van der Waals surface area contributed by atoms with Gasteiger partial charge in [0, 0.05) is 11.8 Å². The quantitative estimate of drug-likeness (QED) is 0.909. The third-order valence-electron chi connectivity index (χ3n) is 2.83. The Kier molecular flexibility index (Phi) is 3.84. The smallest absolute Gasteiger partial charge is 0.335 e. The van der Waals surface area contributed by atoms with E-state index in [2.05, 4.69) is 4.98 Å². The molecule has 0 unspecified atom stereocenters. The molecule has 2 rings (SSSR count). The number of aryl methyl sites for hydroxylation is 1. The van der Waals surface area contributed by atoms with Crippen molar-refractivity contribution in [3.8, 4) is 6.01 Å². The van der Waals surface area contributed by atoms with Gasteiger partial charge in [0.2, 0.25) is 0 Å². The van der Waals surface area contributed by atoms with Gasteiger partial charge in [-0.15, -0.1) is 0 Å². The fraction of sp³-hybridized carbons (Fsp3) is 0.214. The lowest BCUT2D eigenvalue weighted by molar-refractivity contribution is 0.0697. The third-order valence-corrected chi connectivity index (χ3v) is 2.83. The van der Waals surface area contributed by atoms with Crippen LogP contribution in [-0.4, -0.2) is 27.7 Å². The molecule has 0 fully saturated rings. The number of rotatable bonds is 4. The second-order valence-corrected chi connectivity index (χ2v) is 4.31. The molecule has 1 N–H and O–H groups in total. The van der Waals surface area contributed by atoms with Crippen molar-refractivity contribution < 1.29 is 14.6 Å². The molecule has 1 aromatic heterocycles. The Balaban J connectivity index is 2.34. The fourth-order valence-corrected chi connectivity index (χ4v) is 1.83. The lowest BCUT2D eigenvalue weighted by Gasteiger charge is -2.11. The van der Waals surface area contributed by atoms with E-state index in [9.17, 15) is 9.59 Å². The lowest BCUT2D eigenvalue weighted by Crippen LogP contribution is -2.23. The molecule has 6 heteroatoms. The number of hydrogen-bond acceptors (Lipinski definition) is 4. The number of aromatic carboxylic acids is 1. The molecule has 0 bridgehead atoms. The summed E-state index contributed by atoms with van der Waals surface area (Å²) in [7, 11) is 1.45. The maximum absolute atomic E-state index is 11.9. The van der Waals surface area contributed by atoms with Crippen LogP contribution in [0, 0.1) is 6.92 Å². The zero-order valence-corrected chi connectivity index (χ0v) is 11.2. The molecule has 2 aromatic rings. The van der Waals surface area contributed by atoms with E-state index in [1.165, 1.54) is 29.9 Å². The Bertz CT molecular complexity index is 689. The Morgan fingerprint density at radius 3 is 2.55 bits per heavy atom. The molecule has 1 heterocycles. The minimum atomic E-state index is -0.983. The molecular formula is C14H14N2O4.